The Kier molecular flexibility index (Phi) is 2.39. The molecular weight excluding hydrogens is 201 g/mol. The van der Waals surface area contributed by atoms with Gasteiger partial charge in [0.2, 0.25) is 0 Å². The van der Waals surface area contributed by atoms with Gasteiger partial charge >= 0.3 is 10.3 Å². The number of hydrogen-bond donors (Lipinski definition) is 2. The lowest BCUT2D eigenvalue weighted by Crippen LogP contribution is -2.19. The summed E-state index contributed by atoms with van der Waals surface area (Å²) < 4.78 is 37.4. The highest BCUT2D eigenvalue weighted by Gasteiger charge is 2.12. The van der Waals surface area contributed by atoms with E-state index in [2.05, 4.69) is 9.32 Å². The number of aromatic hydroxyl groups is 1. The normalized spacial score (nSPS) is 11.2. The minimum Gasteiger partial charge on any atom is -0.502 e. The van der Waals surface area contributed by atoms with Gasteiger partial charge in [0.15, 0.2) is 17.3 Å². The molecule has 0 unspecified atom stereocenters. The van der Waals surface area contributed by atoms with E-state index < -0.39 is 27.6 Å². The molecule has 0 aliphatic rings. The molecule has 0 fully saturated rings. The van der Waals surface area contributed by atoms with Crippen LogP contribution in [0, 0.1) is 5.82 Å². The van der Waals surface area contributed by atoms with Crippen LogP contribution < -0.4 is 9.32 Å². The van der Waals surface area contributed by atoms with Crippen molar-refractivity contribution >= 4 is 10.3 Å². The first-order chi connectivity index (χ1) is 5.90. The molecular formula is C6H6FNO4S. The standard InChI is InChI=1S/C6H6FNO4S/c7-4-2-1-3-5(6(4)9)12-13(8,10)11/h1-3,9H,(H2,8,10,11). The number of nitrogens with two attached hydrogens (primary N) is 1. The van der Waals surface area contributed by atoms with Crippen LogP contribution in [0.3, 0.4) is 0 Å². The summed E-state index contributed by atoms with van der Waals surface area (Å²) in [4.78, 5) is 0. The Labute approximate surface area is 73.8 Å². The molecule has 5 nitrogen and oxygen atoms in total. The molecule has 0 radical (unpaired) electrons. The van der Waals surface area contributed by atoms with Crippen molar-refractivity contribution in [3.8, 4) is 11.5 Å². The van der Waals surface area contributed by atoms with Crippen molar-refractivity contribution < 1.29 is 22.1 Å². The van der Waals surface area contributed by atoms with E-state index in [0.717, 1.165) is 12.1 Å². The average molecular weight is 207 g/mol. The predicted molar refractivity (Wildman–Crippen MR) is 41.8 cm³/mol. The Morgan fingerprint density at radius 1 is 1.46 bits per heavy atom. The van der Waals surface area contributed by atoms with Crippen LogP contribution in [0.5, 0.6) is 11.5 Å². The molecule has 0 atom stereocenters. The molecule has 1 aromatic carbocycles. The number of rotatable bonds is 2. The second-order valence-corrected chi connectivity index (χ2v) is 3.31. The first kappa shape index (κ1) is 9.75. The fourth-order valence-electron chi connectivity index (χ4n) is 0.688. The third-order valence-electron chi connectivity index (χ3n) is 1.16. The van der Waals surface area contributed by atoms with E-state index in [1.165, 1.54) is 6.07 Å². The summed E-state index contributed by atoms with van der Waals surface area (Å²) in [6.45, 7) is 0. The van der Waals surface area contributed by atoms with Crippen LogP contribution in [0.2, 0.25) is 0 Å². The first-order valence-corrected chi connectivity index (χ1v) is 4.57. The van der Waals surface area contributed by atoms with E-state index in [0.29, 0.717) is 0 Å². The summed E-state index contributed by atoms with van der Waals surface area (Å²) in [6.07, 6.45) is 0. The lowest BCUT2D eigenvalue weighted by atomic mass is 10.3. The van der Waals surface area contributed by atoms with Gasteiger partial charge in [0, 0.05) is 0 Å². The van der Waals surface area contributed by atoms with Gasteiger partial charge < -0.3 is 9.29 Å². The molecule has 7 heteroatoms. The van der Waals surface area contributed by atoms with Gasteiger partial charge in [-0.1, -0.05) is 6.07 Å². The SMILES string of the molecule is NS(=O)(=O)Oc1cccc(F)c1O. The van der Waals surface area contributed by atoms with Crippen LogP contribution in [0.15, 0.2) is 18.2 Å². The second kappa shape index (κ2) is 3.19. The minimum atomic E-state index is -4.24. The van der Waals surface area contributed by atoms with Crippen LogP contribution in [0.4, 0.5) is 4.39 Å². The van der Waals surface area contributed by atoms with Crippen molar-refractivity contribution in [2.75, 3.05) is 0 Å². The zero-order valence-electron chi connectivity index (χ0n) is 6.27. The van der Waals surface area contributed by atoms with Crippen LogP contribution in [-0.4, -0.2) is 13.5 Å². The predicted octanol–water partition coefficient (Wildman–Crippen LogP) is 0.114. The topological polar surface area (TPSA) is 89.6 Å². The molecule has 0 saturated heterocycles. The lowest BCUT2D eigenvalue weighted by molar-refractivity contribution is 0.400. The number of hydrogen-bond acceptors (Lipinski definition) is 4. The molecule has 3 N–H and O–H groups in total. The highest BCUT2D eigenvalue weighted by atomic mass is 32.2. The van der Waals surface area contributed by atoms with Gasteiger partial charge in [0.05, 0.1) is 0 Å². The van der Waals surface area contributed by atoms with Crippen molar-refractivity contribution in [3.63, 3.8) is 0 Å². The Bertz CT molecular complexity index is 417. The summed E-state index contributed by atoms with van der Waals surface area (Å²) in [5.74, 6) is -2.42. The van der Waals surface area contributed by atoms with Gasteiger partial charge in [-0.15, -0.1) is 0 Å². The van der Waals surface area contributed by atoms with Gasteiger partial charge in [-0.05, 0) is 12.1 Å². The first-order valence-electron chi connectivity index (χ1n) is 3.10. The van der Waals surface area contributed by atoms with Crippen LogP contribution in [0.25, 0.3) is 0 Å². The largest absolute Gasteiger partial charge is 0.502 e. The zero-order valence-corrected chi connectivity index (χ0v) is 7.08. The van der Waals surface area contributed by atoms with Crippen molar-refractivity contribution in [3.05, 3.63) is 24.0 Å². The molecule has 1 rings (SSSR count). The molecule has 0 aliphatic heterocycles. The number of benzene rings is 1. The van der Waals surface area contributed by atoms with Crippen LogP contribution >= 0.6 is 0 Å². The van der Waals surface area contributed by atoms with Crippen molar-refractivity contribution in [1.82, 2.24) is 0 Å². The van der Waals surface area contributed by atoms with Crippen molar-refractivity contribution in [1.29, 1.82) is 0 Å². The summed E-state index contributed by atoms with van der Waals surface area (Å²) in [7, 11) is -4.24. The number of phenolic OH excluding ortho intramolecular Hbond substituents is 1. The Balaban J connectivity index is 3.10. The maximum atomic E-state index is 12.6. The number of phenols is 1. The average Bonchev–Trinajstić information content (AvgIpc) is 1.96. The summed E-state index contributed by atoms with van der Waals surface area (Å²) in [5, 5.41) is 13.4. The van der Waals surface area contributed by atoms with E-state index in [9.17, 15) is 12.8 Å². The van der Waals surface area contributed by atoms with Gasteiger partial charge in [-0.2, -0.15) is 13.6 Å². The third kappa shape index (κ3) is 2.56. The molecule has 0 saturated carbocycles. The van der Waals surface area contributed by atoms with E-state index in [4.69, 9.17) is 5.11 Å². The summed E-state index contributed by atoms with van der Waals surface area (Å²) in [6, 6.07) is 3.20. The number of halogens is 1. The Morgan fingerprint density at radius 2 is 2.08 bits per heavy atom. The zero-order chi connectivity index (χ0) is 10.1. The maximum Gasteiger partial charge on any atom is 0.380 e. The van der Waals surface area contributed by atoms with Crippen molar-refractivity contribution in [2.45, 2.75) is 0 Å². The minimum absolute atomic E-state index is 0.539. The van der Waals surface area contributed by atoms with E-state index in [-0.39, 0.29) is 0 Å². The number of para-hydroxylation sites is 1. The van der Waals surface area contributed by atoms with Crippen molar-refractivity contribution in [2.24, 2.45) is 5.14 Å². The molecule has 1 aromatic rings. The molecule has 0 bridgehead atoms. The monoisotopic (exact) mass is 207 g/mol. The van der Waals surface area contributed by atoms with Gasteiger partial charge in [0.25, 0.3) is 0 Å². The molecule has 13 heavy (non-hydrogen) atoms. The third-order valence-corrected chi connectivity index (χ3v) is 1.57. The molecule has 0 spiro atoms. The summed E-state index contributed by atoms with van der Waals surface area (Å²) >= 11 is 0. The Hall–Kier alpha value is -1.34. The Morgan fingerprint density at radius 3 is 2.62 bits per heavy atom. The summed E-state index contributed by atoms with van der Waals surface area (Å²) in [5.41, 5.74) is 0. The van der Waals surface area contributed by atoms with E-state index >= 15 is 0 Å². The van der Waals surface area contributed by atoms with E-state index in [1.807, 2.05) is 0 Å². The molecule has 0 aromatic heterocycles. The van der Waals surface area contributed by atoms with Crippen LogP contribution in [0.1, 0.15) is 0 Å². The maximum absolute atomic E-state index is 12.6. The fourth-order valence-corrected chi connectivity index (χ4v) is 1.07. The fraction of sp³-hybridized carbons (Fsp3) is 0. The lowest BCUT2D eigenvalue weighted by Gasteiger charge is -2.04. The molecule has 0 heterocycles. The molecule has 0 aliphatic carbocycles. The van der Waals surface area contributed by atoms with E-state index in [1.54, 1.807) is 0 Å². The quantitative estimate of drug-likeness (QED) is 0.720. The molecule has 0 amide bonds. The second-order valence-electron chi connectivity index (χ2n) is 2.16. The highest BCUT2D eigenvalue weighted by Crippen LogP contribution is 2.28. The smallest absolute Gasteiger partial charge is 0.380 e. The van der Waals surface area contributed by atoms with Gasteiger partial charge in [-0.3, -0.25) is 0 Å². The highest BCUT2D eigenvalue weighted by molar-refractivity contribution is 7.84. The van der Waals surface area contributed by atoms with Gasteiger partial charge in [-0.25, -0.2) is 4.39 Å². The molecule has 72 valence electrons. The van der Waals surface area contributed by atoms with Crippen LogP contribution in [-0.2, 0) is 10.3 Å². The van der Waals surface area contributed by atoms with Gasteiger partial charge in [0.1, 0.15) is 0 Å².